The maximum absolute atomic E-state index is 5.69. The van der Waals surface area contributed by atoms with Gasteiger partial charge in [-0.2, -0.15) is 5.48 Å². The number of hydrogen-bond acceptors (Lipinski definition) is 3. The van der Waals surface area contributed by atoms with Crippen molar-refractivity contribution >= 4 is 0 Å². The molecule has 0 fully saturated rings. The molecule has 3 heteroatoms. The molecule has 2 rings (SSSR count). The van der Waals surface area contributed by atoms with Gasteiger partial charge in [-0.1, -0.05) is 6.08 Å². The smallest absolute Gasteiger partial charge is 0.147 e. The SMILES string of the molecule is NC1C=CC2=C(CNO2)C1. The van der Waals surface area contributed by atoms with Crippen LogP contribution >= 0.6 is 0 Å². The van der Waals surface area contributed by atoms with Crippen LogP contribution in [0.1, 0.15) is 6.42 Å². The van der Waals surface area contributed by atoms with E-state index in [2.05, 4.69) is 5.48 Å². The maximum atomic E-state index is 5.69. The van der Waals surface area contributed by atoms with Crippen molar-refractivity contribution in [2.24, 2.45) is 5.73 Å². The molecule has 0 aromatic heterocycles. The van der Waals surface area contributed by atoms with Gasteiger partial charge in [0, 0.05) is 6.04 Å². The van der Waals surface area contributed by atoms with Crippen molar-refractivity contribution in [3.63, 3.8) is 0 Å². The average Bonchev–Trinajstić information content (AvgIpc) is 2.33. The second-order valence-corrected chi connectivity index (χ2v) is 2.62. The molecule has 1 aliphatic heterocycles. The molecule has 3 N–H and O–H groups in total. The van der Waals surface area contributed by atoms with E-state index in [4.69, 9.17) is 10.6 Å². The molecule has 0 bridgehead atoms. The fourth-order valence-electron chi connectivity index (χ4n) is 1.25. The van der Waals surface area contributed by atoms with Crippen LogP contribution < -0.4 is 11.2 Å². The highest BCUT2D eigenvalue weighted by Crippen LogP contribution is 2.21. The lowest BCUT2D eigenvalue weighted by Gasteiger charge is -2.10. The summed E-state index contributed by atoms with van der Waals surface area (Å²) in [6.07, 6.45) is 4.83. The third-order valence-electron chi connectivity index (χ3n) is 1.79. The van der Waals surface area contributed by atoms with E-state index >= 15 is 0 Å². The van der Waals surface area contributed by atoms with E-state index in [9.17, 15) is 0 Å². The summed E-state index contributed by atoms with van der Waals surface area (Å²) in [7, 11) is 0. The Morgan fingerprint density at radius 1 is 1.70 bits per heavy atom. The Kier molecular flexibility index (Phi) is 1.25. The first-order chi connectivity index (χ1) is 4.86. The lowest BCUT2D eigenvalue weighted by atomic mass is 10.0. The first-order valence-electron chi connectivity index (χ1n) is 3.42. The van der Waals surface area contributed by atoms with Gasteiger partial charge in [0.05, 0.1) is 6.54 Å². The average molecular weight is 138 g/mol. The molecular formula is C7H10N2O. The molecule has 2 aliphatic rings. The van der Waals surface area contributed by atoms with E-state index in [1.807, 2.05) is 12.2 Å². The monoisotopic (exact) mass is 138 g/mol. The van der Waals surface area contributed by atoms with Crippen molar-refractivity contribution in [3.8, 4) is 0 Å². The van der Waals surface area contributed by atoms with E-state index in [1.54, 1.807) is 0 Å². The van der Waals surface area contributed by atoms with Crippen molar-refractivity contribution in [1.82, 2.24) is 5.48 Å². The van der Waals surface area contributed by atoms with Gasteiger partial charge in [-0.25, -0.2) is 0 Å². The largest absolute Gasteiger partial charge is 0.408 e. The lowest BCUT2D eigenvalue weighted by Crippen LogP contribution is -2.20. The summed E-state index contributed by atoms with van der Waals surface area (Å²) in [5.41, 5.74) is 9.78. The third kappa shape index (κ3) is 0.836. The highest BCUT2D eigenvalue weighted by Gasteiger charge is 2.18. The van der Waals surface area contributed by atoms with Crippen molar-refractivity contribution < 1.29 is 4.84 Å². The first kappa shape index (κ1) is 5.95. The second kappa shape index (κ2) is 2.11. The summed E-state index contributed by atoms with van der Waals surface area (Å²) in [6, 6.07) is 0.183. The highest BCUT2D eigenvalue weighted by atomic mass is 16.7. The Morgan fingerprint density at radius 3 is 3.50 bits per heavy atom. The van der Waals surface area contributed by atoms with Gasteiger partial charge in [0.15, 0.2) is 0 Å². The molecule has 1 aliphatic carbocycles. The summed E-state index contributed by atoms with van der Waals surface area (Å²) in [5, 5.41) is 0. The van der Waals surface area contributed by atoms with Crippen molar-refractivity contribution in [2.75, 3.05) is 6.54 Å². The summed E-state index contributed by atoms with van der Waals surface area (Å²) in [4.78, 5) is 5.09. The first-order valence-corrected chi connectivity index (χ1v) is 3.42. The van der Waals surface area contributed by atoms with Gasteiger partial charge >= 0.3 is 0 Å². The van der Waals surface area contributed by atoms with E-state index in [0.717, 1.165) is 18.7 Å². The van der Waals surface area contributed by atoms with Gasteiger partial charge in [-0.15, -0.1) is 0 Å². The molecule has 1 heterocycles. The lowest BCUT2D eigenvalue weighted by molar-refractivity contribution is 0.148. The highest BCUT2D eigenvalue weighted by molar-refractivity contribution is 5.30. The van der Waals surface area contributed by atoms with Crippen molar-refractivity contribution in [2.45, 2.75) is 12.5 Å². The molecule has 3 nitrogen and oxygen atoms in total. The van der Waals surface area contributed by atoms with Crippen LogP contribution in [-0.4, -0.2) is 12.6 Å². The molecule has 0 radical (unpaired) electrons. The molecule has 1 unspecified atom stereocenters. The summed E-state index contributed by atoms with van der Waals surface area (Å²) in [5.74, 6) is 0.960. The zero-order chi connectivity index (χ0) is 6.97. The Balaban J connectivity index is 2.22. The number of hydrogen-bond donors (Lipinski definition) is 2. The summed E-state index contributed by atoms with van der Waals surface area (Å²) in [6.45, 7) is 0.827. The van der Waals surface area contributed by atoms with Gasteiger partial charge in [0.25, 0.3) is 0 Å². The molecule has 54 valence electrons. The van der Waals surface area contributed by atoms with Gasteiger partial charge in [-0.3, -0.25) is 0 Å². The van der Waals surface area contributed by atoms with Gasteiger partial charge in [-0.05, 0) is 18.1 Å². The molecule has 1 atom stereocenters. The fourth-order valence-corrected chi connectivity index (χ4v) is 1.25. The van der Waals surface area contributed by atoms with Gasteiger partial charge < -0.3 is 10.6 Å². The standard InChI is InChI=1S/C7H10N2O/c8-6-1-2-7-5(3-6)4-9-10-7/h1-2,6,9H,3-4,8H2. The molecule has 0 aromatic rings. The quantitative estimate of drug-likeness (QED) is 0.497. The second-order valence-electron chi connectivity index (χ2n) is 2.62. The minimum atomic E-state index is 0.183. The van der Waals surface area contributed by atoms with Crippen LogP contribution in [0.25, 0.3) is 0 Å². The minimum Gasteiger partial charge on any atom is -0.408 e. The predicted molar refractivity (Wildman–Crippen MR) is 37.8 cm³/mol. The molecule has 0 aromatic carbocycles. The van der Waals surface area contributed by atoms with E-state index < -0.39 is 0 Å². The maximum Gasteiger partial charge on any atom is 0.147 e. The van der Waals surface area contributed by atoms with E-state index in [-0.39, 0.29) is 6.04 Å². The Labute approximate surface area is 59.5 Å². The molecule has 0 spiro atoms. The number of allylic oxidation sites excluding steroid dienone is 1. The van der Waals surface area contributed by atoms with Crippen molar-refractivity contribution in [3.05, 3.63) is 23.5 Å². The molecule has 10 heavy (non-hydrogen) atoms. The van der Waals surface area contributed by atoms with Crippen LogP contribution in [0.2, 0.25) is 0 Å². The van der Waals surface area contributed by atoms with Crippen LogP contribution in [0.3, 0.4) is 0 Å². The summed E-state index contributed by atoms with van der Waals surface area (Å²) >= 11 is 0. The molecule has 0 saturated carbocycles. The number of nitrogens with two attached hydrogens (primary N) is 1. The Morgan fingerprint density at radius 2 is 2.60 bits per heavy atom. The molecule has 0 amide bonds. The van der Waals surface area contributed by atoms with Crippen LogP contribution in [0.4, 0.5) is 0 Å². The van der Waals surface area contributed by atoms with Crippen LogP contribution in [0.15, 0.2) is 23.5 Å². The summed E-state index contributed by atoms with van der Waals surface area (Å²) < 4.78 is 0. The van der Waals surface area contributed by atoms with Gasteiger partial charge in [0.1, 0.15) is 5.76 Å². The van der Waals surface area contributed by atoms with Crippen LogP contribution in [0, 0.1) is 0 Å². The predicted octanol–water partition coefficient (Wildman–Crippen LogP) is 0.0625. The zero-order valence-electron chi connectivity index (χ0n) is 5.63. The molecule has 0 saturated heterocycles. The number of rotatable bonds is 0. The minimum absolute atomic E-state index is 0.183. The van der Waals surface area contributed by atoms with E-state index in [0.29, 0.717) is 0 Å². The van der Waals surface area contributed by atoms with Crippen LogP contribution in [-0.2, 0) is 4.84 Å². The zero-order valence-corrected chi connectivity index (χ0v) is 5.63. The molecular weight excluding hydrogens is 128 g/mol. The van der Waals surface area contributed by atoms with Crippen molar-refractivity contribution in [1.29, 1.82) is 0 Å². The number of hydroxylamine groups is 1. The number of nitrogens with one attached hydrogen (secondary N) is 1. The van der Waals surface area contributed by atoms with E-state index in [1.165, 1.54) is 5.57 Å². The normalized spacial score (nSPS) is 30.3. The Hall–Kier alpha value is -0.800. The topological polar surface area (TPSA) is 47.3 Å². The fraction of sp³-hybridized carbons (Fsp3) is 0.429. The third-order valence-corrected chi connectivity index (χ3v) is 1.79. The Bertz CT molecular complexity index is 208. The van der Waals surface area contributed by atoms with Crippen LogP contribution in [0.5, 0.6) is 0 Å². The van der Waals surface area contributed by atoms with Gasteiger partial charge in [0.2, 0.25) is 0 Å².